The van der Waals surface area contributed by atoms with Crippen LogP contribution in [-0.4, -0.2) is 54.3 Å². The fourth-order valence-corrected chi connectivity index (χ4v) is 3.60. The fraction of sp³-hybridized carbons (Fsp3) is 0.364. The first-order chi connectivity index (χ1) is 13.4. The summed E-state index contributed by atoms with van der Waals surface area (Å²) in [5, 5.41) is 3.49. The van der Waals surface area contributed by atoms with Crippen LogP contribution in [0.25, 0.3) is 0 Å². The van der Waals surface area contributed by atoms with Gasteiger partial charge in [-0.25, -0.2) is 0 Å². The number of hydrogen-bond donors (Lipinski definition) is 1. The van der Waals surface area contributed by atoms with Crippen molar-refractivity contribution in [3.63, 3.8) is 0 Å². The number of benzene rings is 2. The zero-order chi connectivity index (χ0) is 20.1. The van der Waals surface area contributed by atoms with Gasteiger partial charge in [0.15, 0.2) is 0 Å². The van der Waals surface area contributed by atoms with Gasteiger partial charge in [-0.1, -0.05) is 40.9 Å². The first-order valence-electron chi connectivity index (χ1n) is 9.52. The summed E-state index contributed by atoms with van der Waals surface area (Å²) >= 11 is 5.93. The minimum absolute atomic E-state index is 0.0308. The molecule has 0 atom stereocenters. The van der Waals surface area contributed by atoms with E-state index in [1.54, 1.807) is 0 Å². The van der Waals surface area contributed by atoms with Gasteiger partial charge in [0, 0.05) is 43.3 Å². The van der Waals surface area contributed by atoms with E-state index in [0.717, 1.165) is 35.8 Å². The highest BCUT2D eigenvalue weighted by Crippen LogP contribution is 2.13. The molecule has 0 unspecified atom stereocenters. The Morgan fingerprint density at radius 1 is 0.964 bits per heavy atom. The lowest BCUT2D eigenvalue weighted by atomic mass is 10.1. The van der Waals surface area contributed by atoms with E-state index in [1.807, 2.05) is 61.2 Å². The van der Waals surface area contributed by atoms with Gasteiger partial charge in [0.2, 0.25) is 5.91 Å². The van der Waals surface area contributed by atoms with Crippen molar-refractivity contribution in [1.29, 1.82) is 0 Å². The smallest absolute Gasteiger partial charge is 0.251 e. The van der Waals surface area contributed by atoms with Gasteiger partial charge in [-0.2, -0.15) is 0 Å². The van der Waals surface area contributed by atoms with Crippen molar-refractivity contribution in [3.05, 3.63) is 69.7 Å². The molecular formula is C22H26ClN3O2. The van der Waals surface area contributed by atoms with Gasteiger partial charge in [0.1, 0.15) is 0 Å². The molecule has 1 aliphatic rings. The first kappa shape index (κ1) is 20.4. The number of hydrogen-bond acceptors (Lipinski definition) is 3. The Morgan fingerprint density at radius 3 is 2.18 bits per heavy atom. The summed E-state index contributed by atoms with van der Waals surface area (Å²) in [5.41, 5.74) is 3.88. The molecule has 2 aromatic carbocycles. The van der Waals surface area contributed by atoms with Crippen LogP contribution in [0.3, 0.4) is 0 Å². The summed E-state index contributed by atoms with van der Waals surface area (Å²) in [4.78, 5) is 28.9. The van der Waals surface area contributed by atoms with Crippen LogP contribution in [0.5, 0.6) is 0 Å². The zero-order valence-corrected chi connectivity index (χ0v) is 17.1. The number of piperazine rings is 1. The van der Waals surface area contributed by atoms with Crippen molar-refractivity contribution in [2.24, 2.45) is 0 Å². The molecule has 2 aromatic rings. The Hall–Kier alpha value is -2.37. The predicted octanol–water partition coefficient (Wildman–Crippen LogP) is 3.03. The Bertz CT molecular complexity index is 823. The Kier molecular flexibility index (Phi) is 6.70. The minimum Gasteiger partial charge on any atom is -0.343 e. The van der Waals surface area contributed by atoms with Gasteiger partial charge in [-0.3, -0.25) is 14.5 Å². The second-order valence-corrected chi connectivity index (χ2v) is 7.78. The van der Waals surface area contributed by atoms with E-state index in [9.17, 15) is 9.59 Å². The maximum absolute atomic E-state index is 12.4. The topological polar surface area (TPSA) is 52.7 Å². The highest BCUT2D eigenvalue weighted by Gasteiger charge is 2.21. The van der Waals surface area contributed by atoms with E-state index in [4.69, 9.17) is 11.6 Å². The lowest BCUT2D eigenvalue weighted by Crippen LogP contribution is -2.50. The molecule has 1 saturated heterocycles. The lowest BCUT2D eigenvalue weighted by Gasteiger charge is -2.34. The third kappa shape index (κ3) is 5.57. The van der Waals surface area contributed by atoms with Gasteiger partial charge in [-0.15, -0.1) is 0 Å². The van der Waals surface area contributed by atoms with Crippen LogP contribution in [0.1, 0.15) is 27.0 Å². The number of amides is 2. The third-order valence-corrected chi connectivity index (χ3v) is 5.18. The van der Waals surface area contributed by atoms with Crippen molar-refractivity contribution in [2.75, 3.05) is 32.7 Å². The molecular weight excluding hydrogens is 374 g/mol. The second kappa shape index (κ2) is 9.22. The molecule has 148 valence electrons. The molecule has 0 saturated carbocycles. The van der Waals surface area contributed by atoms with E-state index in [1.165, 1.54) is 5.56 Å². The predicted molar refractivity (Wildman–Crippen MR) is 112 cm³/mol. The van der Waals surface area contributed by atoms with Gasteiger partial charge < -0.3 is 10.2 Å². The van der Waals surface area contributed by atoms with Crippen LogP contribution in [-0.2, 0) is 11.3 Å². The summed E-state index contributed by atoms with van der Waals surface area (Å²) < 4.78 is 0. The number of aryl methyl sites for hydroxylation is 2. The molecule has 1 N–H and O–H groups in total. The van der Waals surface area contributed by atoms with Crippen LogP contribution in [0.4, 0.5) is 0 Å². The number of nitrogens with zero attached hydrogens (tertiary/aromatic N) is 2. The van der Waals surface area contributed by atoms with Crippen molar-refractivity contribution in [2.45, 2.75) is 20.4 Å². The normalized spacial score (nSPS) is 14.8. The van der Waals surface area contributed by atoms with Gasteiger partial charge in [0.25, 0.3) is 5.91 Å². The summed E-state index contributed by atoms with van der Waals surface area (Å²) in [6.07, 6.45) is 0. The fourth-order valence-electron chi connectivity index (χ4n) is 3.48. The molecule has 0 aromatic heterocycles. The summed E-state index contributed by atoms with van der Waals surface area (Å²) in [6.45, 7) is 7.78. The van der Waals surface area contributed by atoms with Crippen molar-refractivity contribution in [1.82, 2.24) is 15.1 Å². The first-order valence-corrected chi connectivity index (χ1v) is 9.89. The van der Waals surface area contributed by atoms with E-state index in [-0.39, 0.29) is 18.4 Å². The van der Waals surface area contributed by atoms with Gasteiger partial charge in [-0.05, 0) is 43.7 Å². The highest BCUT2D eigenvalue weighted by atomic mass is 35.5. The monoisotopic (exact) mass is 399 g/mol. The number of nitrogens with one attached hydrogen (secondary N) is 1. The van der Waals surface area contributed by atoms with Crippen molar-refractivity contribution in [3.8, 4) is 0 Å². The lowest BCUT2D eigenvalue weighted by molar-refractivity contribution is -0.131. The molecule has 1 heterocycles. The number of rotatable bonds is 5. The van der Waals surface area contributed by atoms with E-state index < -0.39 is 0 Å². The molecule has 1 fully saturated rings. The summed E-state index contributed by atoms with van der Waals surface area (Å²) in [7, 11) is 0. The van der Waals surface area contributed by atoms with E-state index in [2.05, 4.69) is 10.2 Å². The molecule has 0 bridgehead atoms. The molecule has 3 rings (SSSR count). The maximum atomic E-state index is 12.4. The minimum atomic E-state index is -0.207. The Morgan fingerprint density at radius 2 is 1.57 bits per heavy atom. The third-order valence-electron chi connectivity index (χ3n) is 4.93. The molecule has 1 aliphatic heterocycles. The largest absolute Gasteiger partial charge is 0.343 e. The molecule has 0 spiro atoms. The van der Waals surface area contributed by atoms with Crippen LogP contribution in [0.15, 0.2) is 42.5 Å². The molecule has 6 heteroatoms. The van der Waals surface area contributed by atoms with Gasteiger partial charge in [0.05, 0.1) is 6.54 Å². The molecule has 28 heavy (non-hydrogen) atoms. The molecule has 0 aliphatic carbocycles. The second-order valence-electron chi connectivity index (χ2n) is 7.34. The van der Waals surface area contributed by atoms with E-state index in [0.29, 0.717) is 18.7 Å². The van der Waals surface area contributed by atoms with Crippen molar-refractivity contribution >= 4 is 23.4 Å². The summed E-state index contributed by atoms with van der Waals surface area (Å²) in [6, 6.07) is 13.5. The number of halogens is 1. The van der Waals surface area contributed by atoms with E-state index >= 15 is 0 Å². The molecule has 0 radical (unpaired) electrons. The van der Waals surface area contributed by atoms with Crippen molar-refractivity contribution < 1.29 is 9.59 Å². The highest BCUT2D eigenvalue weighted by molar-refractivity contribution is 6.30. The Labute approximate surface area is 171 Å². The zero-order valence-electron chi connectivity index (χ0n) is 16.4. The van der Waals surface area contributed by atoms with Crippen LogP contribution in [0, 0.1) is 13.8 Å². The average molecular weight is 400 g/mol. The van der Waals surface area contributed by atoms with Crippen LogP contribution >= 0.6 is 11.6 Å². The Balaban J connectivity index is 1.44. The quantitative estimate of drug-likeness (QED) is 0.840. The SMILES string of the molecule is Cc1cc(C)cc(C(=O)NCC(=O)N2CCN(Cc3ccc(Cl)cc3)CC2)c1. The van der Waals surface area contributed by atoms with Crippen LogP contribution < -0.4 is 5.32 Å². The average Bonchev–Trinajstić information content (AvgIpc) is 2.67. The number of carbonyl (C=O) groups is 2. The molecule has 5 nitrogen and oxygen atoms in total. The number of carbonyl (C=O) groups excluding carboxylic acids is 2. The molecule has 2 amide bonds. The summed E-state index contributed by atoms with van der Waals surface area (Å²) in [5.74, 6) is -0.245. The maximum Gasteiger partial charge on any atom is 0.251 e. The van der Waals surface area contributed by atoms with Gasteiger partial charge >= 0.3 is 0 Å². The standard InChI is InChI=1S/C22H26ClN3O2/c1-16-11-17(2)13-19(12-16)22(28)24-14-21(27)26-9-7-25(8-10-26)15-18-3-5-20(23)6-4-18/h3-6,11-13H,7-10,14-15H2,1-2H3,(H,24,28). The van der Waals surface area contributed by atoms with Crippen LogP contribution in [0.2, 0.25) is 5.02 Å².